The van der Waals surface area contributed by atoms with Gasteiger partial charge in [-0.1, -0.05) is 42.5 Å². The van der Waals surface area contributed by atoms with Crippen LogP contribution in [0.5, 0.6) is 0 Å². The van der Waals surface area contributed by atoms with Gasteiger partial charge in [0.2, 0.25) is 5.95 Å². The highest BCUT2D eigenvalue weighted by atomic mass is 15.3. The van der Waals surface area contributed by atoms with Crippen LogP contribution in [0.2, 0.25) is 0 Å². The Kier molecular flexibility index (Phi) is 4.70. The summed E-state index contributed by atoms with van der Waals surface area (Å²) in [7, 11) is 2.07. The zero-order valence-corrected chi connectivity index (χ0v) is 17.3. The van der Waals surface area contributed by atoms with Gasteiger partial charge in [-0.15, -0.1) is 0 Å². The van der Waals surface area contributed by atoms with E-state index in [2.05, 4.69) is 72.3 Å². The van der Waals surface area contributed by atoms with Crippen molar-refractivity contribution >= 4 is 17.5 Å². The molecule has 29 heavy (non-hydrogen) atoms. The second-order valence-corrected chi connectivity index (χ2v) is 8.19. The molecule has 148 valence electrons. The maximum Gasteiger partial charge on any atom is 0.231 e. The lowest BCUT2D eigenvalue weighted by Gasteiger charge is -2.38. The van der Waals surface area contributed by atoms with E-state index >= 15 is 0 Å². The topological polar surface area (TPSA) is 32.3 Å². The second kappa shape index (κ2) is 7.51. The summed E-state index contributed by atoms with van der Waals surface area (Å²) in [5.74, 6) is 1.95. The van der Waals surface area contributed by atoms with Crippen LogP contribution >= 0.6 is 0 Å². The first-order valence-corrected chi connectivity index (χ1v) is 10.8. The van der Waals surface area contributed by atoms with E-state index in [1.807, 2.05) is 6.07 Å². The summed E-state index contributed by atoms with van der Waals surface area (Å²) in [5, 5.41) is 0. The summed E-state index contributed by atoms with van der Waals surface area (Å²) >= 11 is 0. The molecular formula is C25H28N4. The molecule has 3 aromatic rings. The van der Waals surface area contributed by atoms with Gasteiger partial charge >= 0.3 is 0 Å². The smallest absolute Gasteiger partial charge is 0.231 e. The Morgan fingerprint density at radius 2 is 1.66 bits per heavy atom. The molecule has 1 unspecified atom stereocenters. The van der Waals surface area contributed by atoms with Crippen LogP contribution in [-0.2, 0) is 19.3 Å². The van der Waals surface area contributed by atoms with Crippen molar-refractivity contribution in [1.82, 2.24) is 9.97 Å². The highest BCUT2D eigenvalue weighted by Gasteiger charge is 2.29. The first-order chi connectivity index (χ1) is 14.2. The maximum atomic E-state index is 5.15. The largest absolute Gasteiger partial charge is 0.349 e. The van der Waals surface area contributed by atoms with Crippen LogP contribution in [0.25, 0.3) is 0 Å². The fourth-order valence-electron chi connectivity index (χ4n) is 4.78. The maximum absolute atomic E-state index is 5.15. The van der Waals surface area contributed by atoms with Crippen LogP contribution in [-0.4, -0.2) is 23.6 Å². The van der Waals surface area contributed by atoms with Crippen LogP contribution in [0.1, 0.15) is 48.2 Å². The molecule has 0 radical (unpaired) electrons. The Balaban J connectivity index is 1.59. The predicted molar refractivity (Wildman–Crippen MR) is 119 cm³/mol. The number of benzene rings is 2. The van der Waals surface area contributed by atoms with Crippen LogP contribution in [0.4, 0.5) is 17.5 Å². The standard InChI is InChI=1S/C25H28N4/c1-18-21-13-7-6-10-19(21)16-17-29(18)24-22-14-8-9-15-23(22)26-25(27-24)28(2)20-11-4-3-5-12-20/h3-7,10-13,18H,8-9,14-17H2,1-2H3. The van der Waals surface area contributed by atoms with E-state index in [-0.39, 0.29) is 0 Å². The van der Waals surface area contributed by atoms with Gasteiger partial charge < -0.3 is 9.80 Å². The SMILES string of the molecule is CC1c2ccccc2CCN1c1nc(N(C)c2ccccc2)nc2c1CCCC2. The van der Waals surface area contributed by atoms with Crippen LogP contribution < -0.4 is 9.80 Å². The fraction of sp³-hybridized carbons (Fsp3) is 0.360. The van der Waals surface area contributed by atoms with E-state index in [1.54, 1.807) is 0 Å². The van der Waals surface area contributed by atoms with Gasteiger partial charge in [0.1, 0.15) is 5.82 Å². The van der Waals surface area contributed by atoms with E-state index in [4.69, 9.17) is 9.97 Å². The molecule has 0 spiro atoms. The van der Waals surface area contributed by atoms with E-state index in [0.29, 0.717) is 6.04 Å². The molecule has 2 aromatic carbocycles. The number of fused-ring (bicyclic) bond motifs is 2. The van der Waals surface area contributed by atoms with Crippen LogP contribution in [0.3, 0.4) is 0 Å². The Morgan fingerprint density at radius 3 is 2.52 bits per heavy atom. The average Bonchev–Trinajstić information content (AvgIpc) is 2.79. The fourth-order valence-corrected chi connectivity index (χ4v) is 4.78. The van der Waals surface area contributed by atoms with Gasteiger partial charge in [0.05, 0.1) is 11.7 Å². The van der Waals surface area contributed by atoms with Gasteiger partial charge in [0.15, 0.2) is 0 Å². The summed E-state index contributed by atoms with van der Waals surface area (Å²) in [6.45, 7) is 3.33. The molecule has 4 nitrogen and oxygen atoms in total. The molecule has 5 rings (SSSR count). The zero-order chi connectivity index (χ0) is 19.8. The van der Waals surface area contributed by atoms with E-state index in [0.717, 1.165) is 43.3 Å². The van der Waals surface area contributed by atoms with E-state index in [9.17, 15) is 0 Å². The number of hydrogen-bond acceptors (Lipinski definition) is 4. The number of hydrogen-bond donors (Lipinski definition) is 0. The van der Waals surface area contributed by atoms with Crippen molar-refractivity contribution in [2.24, 2.45) is 0 Å². The van der Waals surface area contributed by atoms with Crippen molar-refractivity contribution in [2.75, 3.05) is 23.4 Å². The molecular weight excluding hydrogens is 356 g/mol. The lowest BCUT2D eigenvalue weighted by atomic mass is 9.91. The molecule has 1 aromatic heterocycles. The van der Waals surface area contributed by atoms with Crippen LogP contribution in [0.15, 0.2) is 54.6 Å². The number of nitrogens with zero attached hydrogens (tertiary/aromatic N) is 4. The number of aryl methyl sites for hydroxylation is 1. The predicted octanol–water partition coefficient (Wildman–Crippen LogP) is 5.25. The molecule has 0 amide bonds. The molecule has 1 aliphatic carbocycles. The van der Waals surface area contributed by atoms with Gasteiger partial charge in [-0.25, -0.2) is 4.98 Å². The molecule has 1 aliphatic heterocycles. The van der Waals surface area contributed by atoms with E-state index < -0.39 is 0 Å². The van der Waals surface area contributed by atoms with Crippen LogP contribution in [0, 0.1) is 0 Å². The third-order valence-corrected chi connectivity index (χ3v) is 6.46. The summed E-state index contributed by atoms with van der Waals surface area (Å²) < 4.78 is 0. The first kappa shape index (κ1) is 18.2. The Morgan fingerprint density at radius 1 is 0.897 bits per heavy atom. The van der Waals surface area contributed by atoms with Crippen molar-refractivity contribution in [3.8, 4) is 0 Å². The third kappa shape index (κ3) is 3.27. The zero-order valence-electron chi connectivity index (χ0n) is 17.3. The number of rotatable bonds is 3. The number of para-hydroxylation sites is 1. The molecule has 1 atom stereocenters. The van der Waals surface area contributed by atoms with Crippen molar-refractivity contribution in [2.45, 2.75) is 45.1 Å². The lowest BCUT2D eigenvalue weighted by molar-refractivity contribution is 0.598. The minimum absolute atomic E-state index is 0.329. The summed E-state index contributed by atoms with van der Waals surface area (Å²) in [4.78, 5) is 14.8. The number of aromatic nitrogens is 2. The minimum Gasteiger partial charge on any atom is -0.349 e. The Labute approximate surface area is 173 Å². The van der Waals surface area contributed by atoms with E-state index in [1.165, 1.54) is 35.2 Å². The van der Waals surface area contributed by atoms with Gasteiger partial charge in [-0.05, 0) is 62.3 Å². The Bertz CT molecular complexity index is 1010. The van der Waals surface area contributed by atoms with Crippen molar-refractivity contribution < 1.29 is 0 Å². The van der Waals surface area contributed by atoms with Gasteiger partial charge in [-0.3, -0.25) is 0 Å². The normalized spacial score (nSPS) is 18.1. The van der Waals surface area contributed by atoms with Gasteiger partial charge in [-0.2, -0.15) is 4.98 Å². The lowest BCUT2D eigenvalue weighted by Crippen LogP contribution is -2.36. The molecule has 0 bridgehead atoms. The minimum atomic E-state index is 0.329. The summed E-state index contributed by atoms with van der Waals surface area (Å²) in [6.07, 6.45) is 5.67. The number of anilines is 3. The quantitative estimate of drug-likeness (QED) is 0.618. The molecule has 0 saturated heterocycles. The van der Waals surface area contributed by atoms with Gasteiger partial charge in [0.25, 0.3) is 0 Å². The molecule has 0 N–H and O–H groups in total. The molecule has 2 heterocycles. The van der Waals surface area contributed by atoms with Crippen molar-refractivity contribution in [3.05, 3.63) is 77.0 Å². The molecule has 4 heteroatoms. The molecule has 0 saturated carbocycles. The molecule has 0 fully saturated rings. The summed E-state index contributed by atoms with van der Waals surface area (Å²) in [6, 6.07) is 19.6. The first-order valence-electron chi connectivity index (χ1n) is 10.8. The van der Waals surface area contributed by atoms with Crippen molar-refractivity contribution in [3.63, 3.8) is 0 Å². The Hall–Kier alpha value is -2.88. The van der Waals surface area contributed by atoms with Gasteiger partial charge in [0, 0.05) is 24.8 Å². The highest BCUT2D eigenvalue weighted by molar-refractivity contribution is 5.62. The van der Waals surface area contributed by atoms with Crippen molar-refractivity contribution in [1.29, 1.82) is 0 Å². The summed E-state index contributed by atoms with van der Waals surface area (Å²) in [5.41, 5.74) is 6.63. The average molecular weight is 385 g/mol. The monoisotopic (exact) mass is 384 g/mol. The molecule has 2 aliphatic rings. The second-order valence-electron chi connectivity index (χ2n) is 8.19. The third-order valence-electron chi connectivity index (χ3n) is 6.46. The highest BCUT2D eigenvalue weighted by Crippen LogP contribution is 2.38.